The van der Waals surface area contributed by atoms with E-state index in [0.29, 0.717) is 5.92 Å². The van der Waals surface area contributed by atoms with Gasteiger partial charge in [0, 0.05) is 69.8 Å². The molecule has 3 heteroatoms. The van der Waals surface area contributed by atoms with Crippen LogP contribution in [0.4, 0.5) is 11.4 Å². The van der Waals surface area contributed by atoms with Gasteiger partial charge in [-0.05, 0) is 107 Å². The first-order valence-electron chi connectivity index (χ1n) is 25.5. The van der Waals surface area contributed by atoms with Gasteiger partial charge in [0.2, 0.25) is 5.69 Å². The Hall–Kier alpha value is -6.58. The summed E-state index contributed by atoms with van der Waals surface area (Å²) >= 11 is 0. The van der Waals surface area contributed by atoms with Gasteiger partial charge < -0.3 is 4.57 Å². The standard InChI is InChI=1S/C65H64N3/c1-10-13-21-43-22-19-25-47(36-43)65(46-23-15-14-16-24-46)53-27-17-18-29-56(53)67-55-33-30-44(37-52(55)50-26-20-28-54(65)62(50)67)49-32-31-48-42(6)64(11-2,12-3)68-57-35-41(5)40(4)34-51(57)45-38-58(68)60(48)61(49)66-59(39-45)63(7,8)9/h14-20,22-37,45H,6,10-13,21,38-39H2,1-5,7-9H3/q+1. The molecule has 0 spiro atoms. The number of fused-ring (bicyclic) bond motifs is 9. The first kappa shape index (κ1) is 42.8. The van der Waals surface area contributed by atoms with Gasteiger partial charge in [-0.3, -0.25) is 4.99 Å². The number of para-hydroxylation sites is 2. The van der Waals surface area contributed by atoms with Crippen LogP contribution in [-0.2, 0) is 11.8 Å². The summed E-state index contributed by atoms with van der Waals surface area (Å²) in [6.45, 7) is 23.7. The quantitative estimate of drug-likeness (QED) is 0.136. The van der Waals surface area contributed by atoms with E-state index in [0.717, 1.165) is 37.8 Å². The first-order valence-corrected chi connectivity index (χ1v) is 25.5. The number of nitrogens with zero attached hydrogens (tertiary/aromatic N) is 3. The molecular formula is C65H64N3+. The number of unbranched alkanes of at least 4 members (excludes halogenated alkanes) is 1. The molecule has 0 fully saturated rings. The lowest BCUT2D eigenvalue weighted by molar-refractivity contribution is -0.520. The summed E-state index contributed by atoms with van der Waals surface area (Å²) in [5.41, 5.74) is 25.0. The molecule has 0 N–H and O–H groups in total. The lowest BCUT2D eigenvalue weighted by Gasteiger charge is -2.42. The van der Waals surface area contributed by atoms with Gasteiger partial charge in [-0.25, -0.2) is 0 Å². The summed E-state index contributed by atoms with van der Waals surface area (Å²) in [5.74, 6) is 0.354. The third-order valence-corrected chi connectivity index (χ3v) is 17.0. The fraction of sp³-hybridized carbons (Fsp3) is 0.292. The van der Waals surface area contributed by atoms with Crippen molar-refractivity contribution in [1.82, 2.24) is 4.57 Å². The van der Waals surface area contributed by atoms with Crippen LogP contribution in [0.15, 0.2) is 151 Å². The average molecular weight is 887 g/mol. The van der Waals surface area contributed by atoms with Gasteiger partial charge >= 0.3 is 0 Å². The monoisotopic (exact) mass is 887 g/mol. The fourth-order valence-corrected chi connectivity index (χ4v) is 13.3. The van der Waals surface area contributed by atoms with E-state index in [1.54, 1.807) is 0 Å². The topological polar surface area (TPSA) is 20.3 Å². The lowest BCUT2D eigenvalue weighted by Crippen LogP contribution is -2.49. The van der Waals surface area contributed by atoms with Crippen LogP contribution in [0.1, 0.15) is 142 Å². The molecule has 8 aromatic rings. The largest absolute Gasteiger partial charge is 0.309 e. The van der Waals surface area contributed by atoms with E-state index < -0.39 is 5.41 Å². The minimum absolute atomic E-state index is 0.117. The van der Waals surface area contributed by atoms with Crippen molar-refractivity contribution >= 4 is 50.2 Å². The van der Waals surface area contributed by atoms with Crippen molar-refractivity contribution in [3.05, 3.63) is 202 Å². The Labute approximate surface area is 403 Å². The molecule has 5 heterocycles. The lowest BCUT2D eigenvalue weighted by atomic mass is 9.63. The highest BCUT2D eigenvalue weighted by molar-refractivity contribution is 6.16. The number of aliphatic imine (C=N–C) groups is 1. The number of hydrogen-bond donors (Lipinski definition) is 0. The van der Waals surface area contributed by atoms with Crippen molar-refractivity contribution in [2.24, 2.45) is 10.4 Å². The van der Waals surface area contributed by atoms with Crippen LogP contribution >= 0.6 is 0 Å². The maximum absolute atomic E-state index is 5.96. The normalized spacial score (nSPS) is 18.9. The first-order chi connectivity index (χ1) is 32.9. The highest BCUT2D eigenvalue weighted by Gasteiger charge is 2.54. The molecule has 2 unspecified atom stereocenters. The van der Waals surface area contributed by atoms with E-state index in [9.17, 15) is 0 Å². The average Bonchev–Trinajstić information content (AvgIpc) is 3.68. The maximum Gasteiger partial charge on any atom is 0.209 e. The summed E-state index contributed by atoms with van der Waals surface area (Å²) in [6, 6.07) is 54.0. The minimum atomic E-state index is -0.518. The van der Waals surface area contributed by atoms with Crippen LogP contribution < -0.4 is 0 Å². The van der Waals surface area contributed by atoms with Crippen LogP contribution in [0.3, 0.4) is 0 Å². The number of aryl methyl sites for hydroxylation is 3. The third-order valence-electron chi connectivity index (χ3n) is 17.0. The van der Waals surface area contributed by atoms with Crippen molar-refractivity contribution in [3.8, 4) is 16.8 Å². The molecule has 0 amide bonds. The molecule has 2 bridgehead atoms. The fourth-order valence-electron chi connectivity index (χ4n) is 13.3. The number of aromatic nitrogens is 1. The van der Waals surface area contributed by atoms with Gasteiger partial charge in [-0.2, -0.15) is 4.58 Å². The molecule has 0 radical (unpaired) electrons. The summed E-state index contributed by atoms with van der Waals surface area (Å²) in [5, 5.41) is 2.54. The Morgan fingerprint density at radius 1 is 0.706 bits per heavy atom. The van der Waals surface area contributed by atoms with E-state index in [4.69, 9.17) is 11.6 Å². The zero-order valence-electron chi connectivity index (χ0n) is 41.4. The van der Waals surface area contributed by atoms with Crippen LogP contribution in [0.25, 0.3) is 44.2 Å². The van der Waals surface area contributed by atoms with E-state index >= 15 is 0 Å². The molecule has 0 saturated carbocycles. The second-order valence-electron chi connectivity index (χ2n) is 21.5. The van der Waals surface area contributed by atoms with E-state index in [2.05, 4.69) is 204 Å². The van der Waals surface area contributed by atoms with Gasteiger partial charge in [-0.1, -0.05) is 164 Å². The van der Waals surface area contributed by atoms with Gasteiger partial charge in [-0.15, -0.1) is 0 Å². The second kappa shape index (κ2) is 15.5. The molecule has 7 aromatic carbocycles. The van der Waals surface area contributed by atoms with Gasteiger partial charge in [0.1, 0.15) is 0 Å². The van der Waals surface area contributed by atoms with E-state index in [-0.39, 0.29) is 11.0 Å². The molecule has 4 aliphatic heterocycles. The zero-order valence-corrected chi connectivity index (χ0v) is 41.4. The SMILES string of the molecule is C=C1c2ccc(-c3ccc4c(c3)c3cccc5c3n4-c3ccccc3C5(c3ccccc3)c3cccc(CCCC)c3)c3c2C2=[N+](c4cc(C)c(C)cc4C(CC(C(C)(C)C)=N3)C2)C1(CC)CC. The zero-order chi connectivity index (χ0) is 46.9. The molecule has 4 aliphatic rings. The molecule has 3 nitrogen and oxygen atoms in total. The summed E-state index contributed by atoms with van der Waals surface area (Å²) in [4.78, 5) is 5.96. The maximum atomic E-state index is 5.96. The number of rotatable bonds is 8. The Balaban J connectivity index is 1.15. The summed E-state index contributed by atoms with van der Waals surface area (Å²) in [7, 11) is 0. The third kappa shape index (κ3) is 5.84. The van der Waals surface area contributed by atoms with Gasteiger partial charge in [0.05, 0.1) is 33.4 Å². The number of benzene rings is 7. The van der Waals surface area contributed by atoms with Crippen LogP contribution in [-0.4, -0.2) is 26.1 Å². The Morgan fingerprint density at radius 3 is 2.21 bits per heavy atom. The van der Waals surface area contributed by atoms with Crippen molar-refractivity contribution in [2.75, 3.05) is 0 Å². The molecule has 0 saturated heterocycles. The summed E-state index contributed by atoms with van der Waals surface area (Å²) in [6.07, 6.45) is 7.32. The molecule has 68 heavy (non-hydrogen) atoms. The van der Waals surface area contributed by atoms with Crippen LogP contribution in [0.5, 0.6) is 0 Å². The van der Waals surface area contributed by atoms with Crippen molar-refractivity contribution in [1.29, 1.82) is 0 Å². The molecule has 2 atom stereocenters. The van der Waals surface area contributed by atoms with Crippen molar-refractivity contribution in [2.45, 2.75) is 117 Å². The van der Waals surface area contributed by atoms with Crippen LogP contribution in [0.2, 0.25) is 0 Å². The highest BCUT2D eigenvalue weighted by atomic mass is 15.1. The van der Waals surface area contributed by atoms with Crippen molar-refractivity contribution < 1.29 is 4.58 Å². The van der Waals surface area contributed by atoms with Gasteiger partial charge in [0.15, 0.2) is 11.3 Å². The van der Waals surface area contributed by atoms with Crippen molar-refractivity contribution in [3.63, 3.8) is 0 Å². The van der Waals surface area contributed by atoms with E-state index in [1.807, 2.05) is 0 Å². The molecular weight excluding hydrogens is 823 g/mol. The Morgan fingerprint density at radius 2 is 1.43 bits per heavy atom. The Bertz CT molecular complexity index is 3490. The van der Waals surface area contributed by atoms with E-state index in [1.165, 1.54) is 130 Å². The highest BCUT2D eigenvalue weighted by Crippen LogP contribution is 2.57. The second-order valence-corrected chi connectivity index (χ2v) is 21.5. The Kier molecular flexibility index (Phi) is 9.73. The van der Waals surface area contributed by atoms with Gasteiger partial charge in [0.25, 0.3) is 0 Å². The predicted octanol–water partition coefficient (Wildman–Crippen LogP) is 16.8. The predicted molar refractivity (Wildman–Crippen MR) is 288 cm³/mol. The molecule has 0 aliphatic carbocycles. The summed E-state index contributed by atoms with van der Waals surface area (Å²) < 4.78 is 5.32. The molecule has 1 aromatic heterocycles. The van der Waals surface area contributed by atoms with Crippen LogP contribution in [0, 0.1) is 19.3 Å². The smallest absolute Gasteiger partial charge is 0.209 e. The minimum Gasteiger partial charge on any atom is -0.309 e. The molecule has 12 rings (SSSR count). The molecule has 338 valence electrons. The number of hydrogen-bond acceptors (Lipinski definition) is 1.